The molecule has 1 aliphatic rings. The SMILES string of the molecule is O=Cc1ccc(CN2CCC(OC(=O)NC(c3ccccc3)c3ccccc3)CC2)cc1. The number of carbonyl (C=O) groups is 2. The van der Waals surface area contributed by atoms with Crippen LogP contribution in [-0.2, 0) is 11.3 Å². The third kappa shape index (κ3) is 5.83. The number of rotatable bonds is 7. The Balaban J connectivity index is 1.30. The molecule has 0 radical (unpaired) electrons. The van der Waals surface area contributed by atoms with Gasteiger partial charge in [-0.1, -0.05) is 84.9 Å². The predicted octanol–water partition coefficient (Wildman–Crippen LogP) is 4.98. The number of carbonyl (C=O) groups excluding carboxylic acids is 2. The van der Waals surface area contributed by atoms with Gasteiger partial charge in [0.2, 0.25) is 0 Å². The Bertz CT molecular complexity index is 959. The zero-order valence-corrected chi connectivity index (χ0v) is 18.0. The van der Waals surface area contributed by atoms with Gasteiger partial charge >= 0.3 is 6.09 Å². The molecular weight excluding hydrogens is 400 g/mol. The Labute approximate surface area is 189 Å². The number of nitrogens with one attached hydrogen (secondary N) is 1. The van der Waals surface area contributed by atoms with E-state index >= 15 is 0 Å². The van der Waals surface area contributed by atoms with Gasteiger partial charge < -0.3 is 10.1 Å². The van der Waals surface area contributed by atoms with Gasteiger partial charge in [-0.15, -0.1) is 0 Å². The van der Waals surface area contributed by atoms with Crippen LogP contribution in [0.3, 0.4) is 0 Å². The first-order valence-corrected chi connectivity index (χ1v) is 11.0. The average Bonchev–Trinajstić information content (AvgIpc) is 2.85. The van der Waals surface area contributed by atoms with Gasteiger partial charge in [0.1, 0.15) is 12.4 Å². The second-order valence-corrected chi connectivity index (χ2v) is 8.14. The molecule has 1 heterocycles. The zero-order valence-electron chi connectivity index (χ0n) is 18.0. The van der Waals surface area contributed by atoms with Crippen molar-refractivity contribution in [1.29, 1.82) is 0 Å². The van der Waals surface area contributed by atoms with Crippen LogP contribution < -0.4 is 5.32 Å². The first kappa shape index (κ1) is 21.8. The molecule has 0 saturated carbocycles. The number of aldehydes is 1. The van der Waals surface area contributed by atoms with Crippen molar-refractivity contribution >= 4 is 12.4 Å². The van der Waals surface area contributed by atoms with E-state index in [2.05, 4.69) is 10.2 Å². The molecule has 1 amide bonds. The van der Waals surface area contributed by atoms with Crippen molar-refractivity contribution in [3.8, 4) is 0 Å². The fourth-order valence-electron chi connectivity index (χ4n) is 4.10. The third-order valence-corrected chi connectivity index (χ3v) is 5.86. The lowest BCUT2D eigenvalue weighted by Crippen LogP contribution is -2.40. The number of hydrogen-bond donors (Lipinski definition) is 1. The monoisotopic (exact) mass is 428 g/mol. The maximum Gasteiger partial charge on any atom is 0.408 e. The summed E-state index contributed by atoms with van der Waals surface area (Å²) in [6.45, 7) is 2.57. The summed E-state index contributed by atoms with van der Waals surface area (Å²) in [5, 5.41) is 3.06. The highest BCUT2D eigenvalue weighted by atomic mass is 16.6. The van der Waals surface area contributed by atoms with Crippen molar-refractivity contribution in [3.63, 3.8) is 0 Å². The average molecular weight is 429 g/mol. The minimum absolute atomic E-state index is 0.0871. The van der Waals surface area contributed by atoms with E-state index in [1.807, 2.05) is 84.9 Å². The van der Waals surface area contributed by atoms with Crippen molar-refractivity contribution in [3.05, 3.63) is 107 Å². The number of amides is 1. The highest BCUT2D eigenvalue weighted by Crippen LogP contribution is 2.23. The van der Waals surface area contributed by atoms with E-state index in [1.165, 1.54) is 5.56 Å². The van der Waals surface area contributed by atoms with E-state index in [0.717, 1.165) is 49.9 Å². The van der Waals surface area contributed by atoms with E-state index in [0.29, 0.717) is 5.56 Å². The Morgan fingerprint density at radius 1 is 0.906 bits per heavy atom. The fraction of sp³-hybridized carbons (Fsp3) is 0.259. The van der Waals surface area contributed by atoms with Gasteiger partial charge in [-0.3, -0.25) is 9.69 Å². The molecule has 1 N–H and O–H groups in total. The molecule has 0 aromatic heterocycles. The van der Waals surface area contributed by atoms with E-state index in [9.17, 15) is 9.59 Å². The van der Waals surface area contributed by atoms with E-state index < -0.39 is 0 Å². The van der Waals surface area contributed by atoms with Gasteiger partial charge in [0, 0.05) is 25.2 Å². The lowest BCUT2D eigenvalue weighted by molar-refractivity contribution is 0.0476. The highest BCUT2D eigenvalue weighted by molar-refractivity contribution is 5.74. The minimum Gasteiger partial charge on any atom is -0.446 e. The van der Waals surface area contributed by atoms with E-state index in [4.69, 9.17) is 4.74 Å². The summed E-state index contributed by atoms with van der Waals surface area (Å²) in [6, 6.07) is 27.3. The topological polar surface area (TPSA) is 58.6 Å². The molecule has 5 nitrogen and oxygen atoms in total. The van der Waals surface area contributed by atoms with Crippen molar-refractivity contribution in [2.75, 3.05) is 13.1 Å². The second kappa shape index (κ2) is 10.7. The van der Waals surface area contributed by atoms with Crippen LogP contribution in [0.4, 0.5) is 4.79 Å². The number of piperidine rings is 1. The molecule has 4 rings (SSSR count). The molecule has 1 fully saturated rings. The first-order valence-electron chi connectivity index (χ1n) is 11.0. The molecule has 0 atom stereocenters. The van der Waals surface area contributed by atoms with Crippen LogP contribution in [0.5, 0.6) is 0 Å². The quantitative estimate of drug-likeness (QED) is 0.539. The van der Waals surface area contributed by atoms with Crippen LogP contribution in [-0.4, -0.2) is 36.5 Å². The summed E-state index contributed by atoms with van der Waals surface area (Å²) in [7, 11) is 0. The van der Waals surface area contributed by atoms with Crippen LogP contribution in [0, 0.1) is 0 Å². The Morgan fingerprint density at radius 2 is 1.47 bits per heavy atom. The number of alkyl carbamates (subject to hydrolysis) is 1. The van der Waals surface area contributed by atoms with Crippen molar-refractivity contribution < 1.29 is 14.3 Å². The van der Waals surface area contributed by atoms with Crippen LogP contribution in [0.1, 0.15) is 45.9 Å². The Kier molecular flexibility index (Phi) is 7.31. The molecule has 3 aromatic rings. The predicted molar refractivity (Wildman–Crippen MR) is 124 cm³/mol. The number of nitrogens with zero attached hydrogens (tertiary/aromatic N) is 1. The molecule has 164 valence electrons. The largest absolute Gasteiger partial charge is 0.446 e. The molecule has 0 aliphatic carbocycles. The molecule has 1 aliphatic heterocycles. The maximum atomic E-state index is 12.7. The first-order chi connectivity index (χ1) is 15.7. The smallest absolute Gasteiger partial charge is 0.408 e. The molecule has 3 aromatic carbocycles. The van der Waals surface area contributed by atoms with Gasteiger partial charge in [-0.2, -0.15) is 0 Å². The summed E-state index contributed by atoms with van der Waals surface area (Å²) in [6.07, 6.45) is 2.00. The lowest BCUT2D eigenvalue weighted by atomic mass is 9.99. The van der Waals surface area contributed by atoms with Crippen molar-refractivity contribution in [2.24, 2.45) is 0 Å². The number of hydrogen-bond acceptors (Lipinski definition) is 4. The molecule has 5 heteroatoms. The third-order valence-electron chi connectivity index (χ3n) is 5.86. The fourth-order valence-corrected chi connectivity index (χ4v) is 4.10. The number of benzene rings is 3. The van der Waals surface area contributed by atoms with Gasteiger partial charge in [-0.25, -0.2) is 4.79 Å². The van der Waals surface area contributed by atoms with Crippen molar-refractivity contribution in [2.45, 2.75) is 31.5 Å². The summed E-state index contributed by atoms with van der Waals surface area (Å²) in [5.74, 6) is 0. The van der Waals surface area contributed by atoms with Gasteiger partial charge in [0.05, 0.1) is 6.04 Å². The number of likely N-dealkylation sites (tertiary alicyclic amines) is 1. The molecule has 0 unspecified atom stereocenters. The maximum absolute atomic E-state index is 12.7. The standard InChI is InChI=1S/C27H28N2O3/c30-20-22-13-11-21(12-14-22)19-29-17-15-25(16-18-29)32-27(31)28-26(23-7-3-1-4-8-23)24-9-5-2-6-10-24/h1-14,20,25-26H,15-19H2,(H,28,31). The molecular formula is C27H28N2O3. The van der Waals surface area contributed by atoms with Crippen LogP contribution >= 0.6 is 0 Å². The molecule has 1 saturated heterocycles. The van der Waals surface area contributed by atoms with E-state index in [-0.39, 0.29) is 18.2 Å². The van der Waals surface area contributed by atoms with Gasteiger partial charge in [-0.05, 0) is 29.5 Å². The summed E-state index contributed by atoms with van der Waals surface area (Å²) >= 11 is 0. The van der Waals surface area contributed by atoms with Gasteiger partial charge in [0.25, 0.3) is 0 Å². The summed E-state index contributed by atoms with van der Waals surface area (Å²) in [5.41, 5.74) is 3.91. The Hall–Kier alpha value is -3.44. The number of ether oxygens (including phenoxy) is 1. The van der Waals surface area contributed by atoms with E-state index in [1.54, 1.807) is 0 Å². The summed E-state index contributed by atoms with van der Waals surface area (Å²) in [4.78, 5) is 25.9. The van der Waals surface area contributed by atoms with Crippen LogP contribution in [0.2, 0.25) is 0 Å². The molecule has 32 heavy (non-hydrogen) atoms. The lowest BCUT2D eigenvalue weighted by Gasteiger charge is -2.32. The molecule has 0 spiro atoms. The van der Waals surface area contributed by atoms with Gasteiger partial charge in [0.15, 0.2) is 0 Å². The van der Waals surface area contributed by atoms with Crippen molar-refractivity contribution in [1.82, 2.24) is 10.2 Å². The highest BCUT2D eigenvalue weighted by Gasteiger charge is 2.24. The second-order valence-electron chi connectivity index (χ2n) is 8.14. The van der Waals surface area contributed by atoms with Crippen LogP contribution in [0.15, 0.2) is 84.9 Å². The minimum atomic E-state index is -0.384. The van der Waals surface area contributed by atoms with Crippen LogP contribution in [0.25, 0.3) is 0 Å². The normalized spacial score (nSPS) is 14.8. The summed E-state index contributed by atoms with van der Waals surface area (Å²) < 4.78 is 5.78. The zero-order chi connectivity index (χ0) is 22.2. The molecule has 0 bridgehead atoms. The Morgan fingerprint density at radius 3 is 2.00 bits per heavy atom.